The van der Waals surface area contributed by atoms with Crippen molar-refractivity contribution in [2.75, 3.05) is 0 Å². The fraction of sp³-hybridized carbons (Fsp3) is 0.231. The van der Waals surface area contributed by atoms with E-state index in [-0.39, 0.29) is 11.9 Å². The van der Waals surface area contributed by atoms with Crippen LogP contribution >= 0.6 is 34.2 Å². The minimum atomic E-state index is -0.151. The molecule has 0 fully saturated rings. The molecule has 0 aliphatic rings. The molecule has 0 aliphatic carbocycles. The molecule has 2 rings (SSSR count). The third-order valence-corrected chi connectivity index (χ3v) is 4.32. The Morgan fingerprint density at radius 1 is 1.58 bits per heavy atom. The van der Waals surface area contributed by atoms with Gasteiger partial charge in [-0.1, -0.05) is 18.5 Å². The van der Waals surface area contributed by atoms with E-state index in [9.17, 15) is 4.79 Å². The first-order valence-corrected chi connectivity index (χ1v) is 7.32. The molecule has 0 aliphatic heterocycles. The molecule has 0 spiro atoms. The summed E-state index contributed by atoms with van der Waals surface area (Å²) in [5, 5.41) is 3.52. The number of aromatic nitrogens is 2. The van der Waals surface area contributed by atoms with Crippen LogP contribution in [0.25, 0.3) is 0 Å². The van der Waals surface area contributed by atoms with Crippen LogP contribution in [-0.4, -0.2) is 15.9 Å². The van der Waals surface area contributed by atoms with Gasteiger partial charge in [-0.2, -0.15) is 0 Å². The molecular weight excluding hydrogens is 377 g/mol. The highest BCUT2D eigenvalue weighted by Crippen LogP contribution is 2.20. The van der Waals surface area contributed by atoms with Gasteiger partial charge < -0.3 is 10.3 Å². The van der Waals surface area contributed by atoms with E-state index in [4.69, 9.17) is 11.6 Å². The lowest BCUT2D eigenvalue weighted by Crippen LogP contribution is -2.28. The van der Waals surface area contributed by atoms with Crippen molar-refractivity contribution >= 4 is 40.1 Å². The molecule has 1 unspecified atom stereocenters. The number of benzene rings is 1. The van der Waals surface area contributed by atoms with E-state index in [1.165, 1.54) is 0 Å². The zero-order valence-corrected chi connectivity index (χ0v) is 13.2. The SMILES string of the molecule is CCC(NC(=O)c1ccc(I)c(Cl)c1)c1ncc[nH]1. The predicted octanol–water partition coefficient (Wildman–Crippen LogP) is 3.55. The van der Waals surface area contributed by atoms with Gasteiger partial charge in [-0.05, 0) is 47.2 Å². The fourth-order valence-corrected chi connectivity index (χ4v) is 2.23. The molecule has 0 saturated carbocycles. The Balaban J connectivity index is 2.13. The third kappa shape index (κ3) is 3.48. The van der Waals surface area contributed by atoms with Gasteiger partial charge in [-0.3, -0.25) is 4.79 Å². The first-order valence-electron chi connectivity index (χ1n) is 5.87. The average molecular weight is 390 g/mol. The fourth-order valence-electron chi connectivity index (χ4n) is 1.71. The van der Waals surface area contributed by atoms with Crippen molar-refractivity contribution in [3.8, 4) is 0 Å². The second-order valence-corrected chi connectivity index (χ2v) is 5.61. The normalized spacial score (nSPS) is 12.2. The highest BCUT2D eigenvalue weighted by molar-refractivity contribution is 14.1. The molecule has 100 valence electrons. The molecular formula is C13H13ClIN3O. The van der Waals surface area contributed by atoms with Crippen LogP contribution in [0.5, 0.6) is 0 Å². The second kappa shape index (κ2) is 6.38. The standard InChI is InChI=1S/C13H13ClIN3O/c1-2-11(12-16-5-6-17-12)18-13(19)8-3-4-10(15)9(14)7-8/h3-7,11H,2H2,1H3,(H,16,17)(H,18,19). The molecule has 1 heterocycles. The minimum absolute atomic E-state index is 0.124. The van der Waals surface area contributed by atoms with Crippen molar-refractivity contribution in [3.63, 3.8) is 0 Å². The second-order valence-electron chi connectivity index (χ2n) is 4.04. The smallest absolute Gasteiger partial charge is 0.251 e. The van der Waals surface area contributed by atoms with Crippen molar-refractivity contribution in [1.29, 1.82) is 0 Å². The average Bonchev–Trinajstić information content (AvgIpc) is 2.92. The molecule has 0 radical (unpaired) electrons. The van der Waals surface area contributed by atoms with Gasteiger partial charge >= 0.3 is 0 Å². The molecule has 1 aromatic carbocycles. The van der Waals surface area contributed by atoms with E-state index in [0.29, 0.717) is 10.6 Å². The van der Waals surface area contributed by atoms with Crippen molar-refractivity contribution < 1.29 is 4.79 Å². The predicted molar refractivity (Wildman–Crippen MR) is 83.3 cm³/mol. The first-order chi connectivity index (χ1) is 9.11. The van der Waals surface area contributed by atoms with E-state index < -0.39 is 0 Å². The Morgan fingerprint density at radius 3 is 2.95 bits per heavy atom. The number of carbonyl (C=O) groups is 1. The van der Waals surface area contributed by atoms with Crippen molar-refractivity contribution in [1.82, 2.24) is 15.3 Å². The first kappa shape index (κ1) is 14.3. The van der Waals surface area contributed by atoms with Crippen LogP contribution in [0, 0.1) is 3.57 Å². The topological polar surface area (TPSA) is 57.8 Å². The summed E-state index contributed by atoms with van der Waals surface area (Å²) in [5.41, 5.74) is 0.551. The van der Waals surface area contributed by atoms with Crippen LogP contribution in [0.3, 0.4) is 0 Å². The quantitative estimate of drug-likeness (QED) is 0.786. The summed E-state index contributed by atoms with van der Waals surface area (Å²) in [4.78, 5) is 19.3. The summed E-state index contributed by atoms with van der Waals surface area (Å²) in [6.45, 7) is 1.99. The maximum absolute atomic E-state index is 12.2. The Kier molecular flexibility index (Phi) is 4.81. The molecule has 1 aromatic heterocycles. The summed E-state index contributed by atoms with van der Waals surface area (Å²) < 4.78 is 0.925. The Labute approximate surface area is 130 Å². The Hall–Kier alpha value is -1.08. The van der Waals surface area contributed by atoms with E-state index >= 15 is 0 Å². The molecule has 2 N–H and O–H groups in total. The number of hydrogen-bond acceptors (Lipinski definition) is 2. The largest absolute Gasteiger partial charge is 0.347 e. The lowest BCUT2D eigenvalue weighted by atomic mass is 10.1. The van der Waals surface area contributed by atoms with E-state index in [1.807, 2.05) is 13.0 Å². The van der Waals surface area contributed by atoms with Crippen LogP contribution in [0.1, 0.15) is 35.6 Å². The summed E-state index contributed by atoms with van der Waals surface area (Å²) in [6.07, 6.45) is 4.18. The molecule has 1 amide bonds. The van der Waals surface area contributed by atoms with Gasteiger partial charge in [0.05, 0.1) is 11.1 Å². The minimum Gasteiger partial charge on any atom is -0.347 e. The number of H-pyrrole nitrogens is 1. The van der Waals surface area contributed by atoms with E-state index in [0.717, 1.165) is 15.8 Å². The van der Waals surface area contributed by atoms with Crippen LogP contribution < -0.4 is 5.32 Å². The van der Waals surface area contributed by atoms with Gasteiger partial charge in [0, 0.05) is 21.5 Å². The van der Waals surface area contributed by atoms with Crippen molar-refractivity contribution in [2.24, 2.45) is 0 Å². The van der Waals surface area contributed by atoms with Gasteiger partial charge in [-0.25, -0.2) is 4.98 Å². The van der Waals surface area contributed by atoms with Gasteiger partial charge in [0.25, 0.3) is 5.91 Å². The van der Waals surface area contributed by atoms with Gasteiger partial charge in [0.1, 0.15) is 5.82 Å². The van der Waals surface area contributed by atoms with Crippen molar-refractivity contribution in [3.05, 3.63) is 50.6 Å². The van der Waals surface area contributed by atoms with Gasteiger partial charge in [0.2, 0.25) is 0 Å². The van der Waals surface area contributed by atoms with Crippen molar-refractivity contribution in [2.45, 2.75) is 19.4 Å². The number of amides is 1. The summed E-state index contributed by atoms with van der Waals surface area (Å²) >= 11 is 8.15. The van der Waals surface area contributed by atoms with Crippen LogP contribution in [0.4, 0.5) is 0 Å². The molecule has 0 saturated heterocycles. The zero-order chi connectivity index (χ0) is 13.8. The maximum atomic E-state index is 12.2. The van der Waals surface area contributed by atoms with Crippen LogP contribution in [-0.2, 0) is 0 Å². The third-order valence-electron chi connectivity index (χ3n) is 2.74. The van der Waals surface area contributed by atoms with E-state index in [1.54, 1.807) is 24.5 Å². The van der Waals surface area contributed by atoms with Gasteiger partial charge in [0.15, 0.2) is 0 Å². The lowest BCUT2D eigenvalue weighted by molar-refractivity contribution is 0.0934. The number of halogens is 2. The monoisotopic (exact) mass is 389 g/mol. The molecule has 19 heavy (non-hydrogen) atoms. The highest BCUT2D eigenvalue weighted by Gasteiger charge is 2.16. The van der Waals surface area contributed by atoms with Gasteiger partial charge in [-0.15, -0.1) is 0 Å². The number of hydrogen-bond donors (Lipinski definition) is 2. The molecule has 1 atom stereocenters. The number of imidazole rings is 1. The van der Waals surface area contributed by atoms with Crippen LogP contribution in [0.2, 0.25) is 5.02 Å². The number of nitrogens with one attached hydrogen (secondary N) is 2. The Bertz CT molecular complexity index is 571. The lowest BCUT2D eigenvalue weighted by Gasteiger charge is -2.14. The number of nitrogens with zero attached hydrogens (tertiary/aromatic N) is 1. The summed E-state index contributed by atoms with van der Waals surface area (Å²) in [6, 6.07) is 5.14. The molecule has 0 bridgehead atoms. The molecule has 4 nitrogen and oxygen atoms in total. The highest BCUT2D eigenvalue weighted by atomic mass is 127. The van der Waals surface area contributed by atoms with E-state index in [2.05, 4.69) is 37.9 Å². The maximum Gasteiger partial charge on any atom is 0.251 e. The number of aromatic amines is 1. The summed E-state index contributed by atoms with van der Waals surface area (Å²) in [5.74, 6) is 0.606. The molecule has 6 heteroatoms. The summed E-state index contributed by atoms with van der Waals surface area (Å²) in [7, 11) is 0. The molecule has 2 aromatic rings. The number of carbonyl (C=O) groups excluding carboxylic acids is 1. The van der Waals surface area contributed by atoms with Crippen LogP contribution in [0.15, 0.2) is 30.6 Å². The zero-order valence-electron chi connectivity index (χ0n) is 10.3. The Morgan fingerprint density at radius 2 is 2.37 bits per heavy atom. The number of rotatable bonds is 4.